The molecule has 0 aromatic rings. The summed E-state index contributed by atoms with van der Waals surface area (Å²) in [6, 6.07) is 0.347. The van der Waals surface area contributed by atoms with Crippen molar-refractivity contribution in [2.24, 2.45) is 5.73 Å². The molecule has 17 heavy (non-hydrogen) atoms. The molecule has 1 aliphatic rings. The van der Waals surface area contributed by atoms with Crippen molar-refractivity contribution < 1.29 is 9.53 Å². The van der Waals surface area contributed by atoms with Crippen molar-refractivity contribution in [1.29, 1.82) is 0 Å². The van der Waals surface area contributed by atoms with Gasteiger partial charge in [0.1, 0.15) is 5.60 Å². The Bertz CT molecular complexity index is 263. The van der Waals surface area contributed by atoms with E-state index in [0.29, 0.717) is 12.6 Å². The van der Waals surface area contributed by atoms with Crippen LogP contribution in [0.25, 0.3) is 0 Å². The van der Waals surface area contributed by atoms with Gasteiger partial charge in [-0.1, -0.05) is 0 Å². The molecule has 1 amide bonds. The predicted molar refractivity (Wildman–Crippen MR) is 67.9 cm³/mol. The van der Waals surface area contributed by atoms with Gasteiger partial charge in [-0.3, -0.25) is 4.90 Å². The molecule has 1 saturated heterocycles. The van der Waals surface area contributed by atoms with Gasteiger partial charge in [0, 0.05) is 38.8 Å². The topological polar surface area (TPSA) is 58.8 Å². The van der Waals surface area contributed by atoms with Crippen molar-refractivity contribution in [2.45, 2.75) is 39.3 Å². The van der Waals surface area contributed by atoms with Gasteiger partial charge in [0.15, 0.2) is 0 Å². The largest absolute Gasteiger partial charge is 0.444 e. The van der Waals surface area contributed by atoms with Crippen LogP contribution in [0, 0.1) is 0 Å². The number of ether oxygens (including phenoxy) is 1. The zero-order valence-electron chi connectivity index (χ0n) is 11.4. The van der Waals surface area contributed by atoms with Gasteiger partial charge in [-0.25, -0.2) is 4.79 Å². The average Bonchev–Trinajstić information content (AvgIpc) is 2.18. The molecular formula is C12H25N3O2. The lowest BCUT2D eigenvalue weighted by Gasteiger charge is -2.39. The summed E-state index contributed by atoms with van der Waals surface area (Å²) in [6.45, 7) is 11.6. The molecule has 1 unspecified atom stereocenters. The van der Waals surface area contributed by atoms with Gasteiger partial charge in [0.2, 0.25) is 0 Å². The molecule has 100 valence electrons. The zero-order chi connectivity index (χ0) is 13.1. The van der Waals surface area contributed by atoms with Gasteiger partial charge in [-0.05, 0) is 27.7 Å². The smallest absolute Gasteiger partial charge is 0.410 e. The molecular weight excluding hydrogens is 218 g/mol. The maximum Gasteiger partial charge on any atom is 0.410 e. The molecule has 5 nitrogen and oxygen atoms in total. The molecule has 5 heteroatoms. The zero-order valence-corrected chi connectivity index (χ0v) is 11.4. The summed E-state index contributed by atoms with van der Waals surface area (Å²) >= 11 is 0. The van der Waals surface area contributed by atoms with Gasteiger partial charge in [0.25, 0.3) is 0 Å². The minimum absolute atomic E-state index is 0.211. The first kappa shape index (κ1) is 14.3. The highest BCUT2D eigenvalue weighted by atomic mass is 16.6. The summed E-state index contributed by atoms with van der Waals surface area (Å²) in [5.41, 5.74) is 5.13. The fourth-order valence-corrected chi connectivity index (χ4v) is 1.99. The van der Waals surface area contributed by atoms with Crippen molar-refractivity contribution >= 4 is 6.09 Å². The van der Waals surface area contributed by atoms with Crippen LogP contribution in [0.2, 0.25) is 0 Å². The summed E-state index contributed by atoms with van der Waals surface area (Å²) in [5, 5.41) is 0. The number of carbonyl (C=O) groups is 1. The van der Waals surface area contributed by atoms with E-state index >= 15 is 0 Å². The molecule has 0 aromatic carbocycles. The first-order valence-electron chi connectivity index (χ1n) is 6.25. The summed E-state index contributed by atoms with van der Waals surface area (Å²) in [5.74, 6) is 0. The summed E-state index contributed by atoms with van der Waals surface area (Å²) in [7, 11) is 0. The minimum atomic E-state index is -0.422. The molecule has 1 atom stereocenters. The van der Waals surface area contributed by atoms with Crippen LogP contribution in [0.3, 0.4) is 0 Å². The molecule has 0 aromatic heterocycles. The second-order valence-corrected chi connectivity index (χ2v) is 5.60. The van der Waals surface area contributed by atoms with E-state index in [2.05, 4.69) is 11.8 Å². The summed E-state index contributed by atoms with van der Waals surface area (Å²) < 4.78 is 5.36. The predicted octanol–water partition coefficient (Wildman–Crippen LogP) is 0.886. The van der Waals surface area contributed by atoms with Gasteiger partial charge in [0.05, 0.1) is 0 Å². The monoisotopic (exact) mass is 243 g/mol. The standard InChI is InChI=1S/C12H25N3O2/c1-10-9-15(8-7-14(10)6-5-13)11(16)17-12(2,3)4/h10H,5-9,13H2,1-4H3. The highest BCUT2D eigenvalue weighted by Gasteiger charge is 2.29. The maximum atomic E-state index is 11.9. The molecule has 0 saturated carbocycles. The molecule has 1 rings (SSSR count). The average molecular weight is 243 g/mol. The van der Waals surface area contributed by atoms with Crippen LogP contribution in [0.5, 0.6) is 0 Å². The van der Waals surface area contributed by atoms with Crippen molar-refractivity contribution in [2.75, 3.05) is 32.7 Å². The highest BCUT2D eigenvalue weighted by molar-refractivity contribution is 5.68. The Labute approximate surface area is 104 Å². The summed E-state index contributed by atoms with van der Waals surface area (Å²) in [4.78, 5) is 16.0. The van der Waals surface area contributed by atoms with Gasteiger partial charge < -0.3 is 15.4 Å². The Hall–Kier alpha value is -0.810. The van der Waals surface area contributed by atoms with E-state index in [1.807, 2.05) is 20.8 Å². The first-order chi connectivity index (χ1) is 7.83. The number of carbonyl (C=O) groups excluding carboxylic acids is 1. The van der Waals surface area contributed by atoms with Crippen molar-refractivity contribution in [1.82, 2.24) is 9.80 Å². The third kappa shape index (κ3) is 4.52. The number of rotatable bonds is 2. The van der Waals surface area contributed by atoms with E-state index in [1.165, 1.54) is 0 Å². The quantitative estimate of drug-likeness (QED) is 0.782. The van der Waals surface area contributed by atoms with E-state index < -0.39 is 5.60 Å². The van der Waals surface area contributed by atoms with E-state index in [1.54, 1.807) is 4.90 Å². The number of hydrogen-bond donors (Lipinski definition) is 1. The second-order valence-electron chi connectivity index (χ2n) is 5.60. The molecule has 1 aliphatic heterocycles. The Kier molecular flexibility index (Phi) is 4.77. The van der Waals surface area contributed by atoms with E-state index in [4.69, 9.17) is 10.5 Å². The third-order valence-corrected chi connectivity index (χ3v) is 2.83. The minimum Gasteiger partial charge on any atom is -0.444 e. The van der Waals surface area contributed by atoms with Crippen molar-refractivity contribution in [3.8, 4) is 0 Å². The van der Waals surface area contributed by atoms with Crippen LogP contribution in [0.4, 0.5) is 4.79 Å². The van der Waals surface area contributed by atoms with E-state index in [0.717, 1.165) is 26.2 Å². The number of piperazine rings is 1. The lowest BCUT2D eigenvalue weighted by atomic mass is 10.2. The Balaban J connectivity index is 2.46. The number of hydrogen-bond acceptors (Lipinski definition) is 4. The Morgan fingerprint density at radius 1 is 1.41 bits per heavy atom. The molecule has 2 N–H and O–H groups in total. The fourth-order valence-electron chi connectivity index (χ4n) is 1.99. The van der Waals surface area contributed by atoms with Crippen LogP contribution in [-0.2, 0) is 4.74 Å². The van der Waals surface area contributed by atoms with Crippen LogP contribution >= 0.6 is 0 Å². The molecule has 0 radical (unpaired) electrons. The third-order valence-electron chi connectivity index (χ3n) is 2.83. The highest BCUT2D eigenvalue weighted by Crippen LogP contribution is 2.14. The van der Waals surface area contributed by atoms with Crippen LogP contribution < -0.4 is 5.73 Å². The number of amides is 1. The number of nitrogens with zero attached hydrogens (tertiary/aromatic N) is 2. The lowest BCUT2D eigenvalue weighted by molar-refractivity contribution is 0.00629. The maximum absolute atomic E-state index is 11.9. The molecule has 1 heterocycles. The molecule has 0 bridgehead atoms. The van der Waals surface area contributed by atoms with Crippen molar-refractivity contribution in [3.63, 3.8) is 0 Å². The van der Waals surface area contributed by atoms with Gasteiger partial charge in [-0.2, -0.15) is 0 Å². The van der Waals surface area contributed by atoms with Crippen LogP contribution in [0.1, 0.15) is 27.7 Å². The van der Waals surface area contributed by atoms with Crippen LogP contribution in [-0.4, -0.2) is 60.3 Å². The Morgan fingerprint density at radius 3 is 2.53 bits per heavy atom. The van der Waals surface area contributed by atoms with Crippen molar-refractivity contribution in [3.05, 3.63) is 0 Å². The molecule has 1 fully saturated rings. The van der Waals surface area contributed by atoms with Gasteiger partial charge in [-0.15, -0.1) is 0 Å². The van der Waals surface area contributed by atoms with E-state index in [-0.39, 0.29) is 6.09 Å². The first-order valence-corrected chi connectivity index (χ1v) is 6.25. The summed E-state index contributed by atoms with van der Waals surface area (Å²) in [6.07, 6.45) is -0.211. The van der Waals surface area contributed by atoms with Crippen LogP contribution in [0.15, 0.2) is 0 Å². The normalized spacial score (nSPS) is 22.6. The molecule has 0 aliphatic carbocycles. The fraction of sp³-hybridized carbons (Fsp3) is 0.917. The lowest BCUT2D eigenvalue weighted by Crippen LogP contribution is -2.55. The SMILES string of the molecule is CC1CN(C(=O)OC(C)(C)C)CCN1CCN. The number of nitrogens with two attached hydrogens (primary N) is 1. The van der Waals surface area contributed by atoms with Gasteiger partial charge >= 0.3 is 6.09 Å². The van der Waals surface area contributed by atoms with E-state index in [9.17, 15) is 4.79 Å². The second kappa shape index (κ2) is 5.69. The Morgan fingerprint density at radius 2 is 2.06 bits per heavy atom. The molecule has 0 spiro atoms.